The summed E-state index contributed by atoms with van der Waals surface area (Å²) in [5.41, 5.74) is -0.177. The molecule has 0 aromatic carbocycles. The monoisotopic (exact) mass is 400 g/mol. The van der Waals surface area contributed by atoms with Crippen molar-refractivity contribution in [2.45, 2.75) is 83.9 Å². The van der Waals surface area contributed by atoms with Crippen molar-refractivity contribution in [1.82, 2.24) is 15.2 Å². The van der Waals surface area contributed by atoms with Gasteiger partial charge in [-0.15, -0.1) is 0 Å². The Hall–Kier alpha value is -2.44. The molecule has 2 heterocycles. The third-order valence-electron chi connectivity index (χ3n) is 5.62. The van der Waals surface area contributed by atoms with E-state index in [2.05, 4.69) is 10.3 Å². The molecule has 0 spiro atoms. The molecule has 1 saturated carbocycles. The molecule has 1 unspecified atom stereocenters. The number of aliphatic imine (C=N–C) groups is 1. The fourth-order valence-electron chi connectivity index (χ4n) is 3.83. The fraction of sp³-hybridized carbons (Fsp3) is 0.636. The van der Waals surface area contributed by atoms with Crippen molar-refractivity contribution in [2.75, 3.05) is 0 Å². The van der Waals surface area contributed by atoms with Crippen LogP contribution in [0.25, 0.3) is 0 Å². The van der Waals surface area contributed by atoms with Crippen LogP contribution < -0.4 is 5.32 Å². The van der Waals surface area contributed by atoms with Crippen LogP contribution >= 0.6 is 0 Å². The van der Waals surface area contributed by atoms with E-state index in [0.29, 0.717) is 18.3 Å². The number of hydrogen-bond acceptors (Lipinski definition) is 5. The molecule has 1 aromatic rings. The van der Waals surface area contributed by atoms with E-state index in [9.17, 15) is 9.59 Å². The number of pyridine rings is 1. The van der Waals surface area contributed by atoms with Crippen molar-refractivity contribution in [1.29, 1.82) is 0 Å². The highest BCUT2D eigenvalue weighted by Crippen LogP contribution is 2.46. The number of carbonyl (C=O) groups excluding carboxylic acids is 2. The van der Waals surface area contributed by atoms with E-state index in [4.69, 9.17) is 9.73 Å². The van der Waals surface area contributed by atoms with E-state index in [1.165, 1.54) is 0 Å². The van der Waals surface area contributed by atoms with Gasteiger partial charge >= 0.3 is 6.09 Å². The third-order valence-corrected chi connectivity index (χ3v) is 5.62. The fourth-order valence-corrected chi connectivity index (χ4v) is 3.83. The normalized spacial score (nSPS) is 20.1. The molecule has 2 amide bonds. The van der Waals surface area contributed by atoms with Crippen molar-refractivity contribution in [3.8, 4) is 0 Å². The van der Waals surface area contributed by atoms with Crippen LogP contribution in [0.2, 0.25) is 0 Å². The van der Waals surface area contributed by atoms with Crippen LogP contribution in [0.4, 0.5) is 4.79 Å². The van der Waals surface area contributed by atoms with Crippen LogP contribution in [0.1, 0.15) is 78.3 Å². The molecule has 2 aliphatic rings. The molecule has 1 aromatic heterocycles. The molecule has 0 bridgehead atoms. The molecule has 0 saturated heterocycles. The van der Waals surface area contributed by atoms with E-state index in [0.717, 1.165) is 31.2 Å². The first-order valence-corrected chi connectivity index (χ1v) is 10.5. The van der Waals surface area contributed by atoms with Crippen molar-refractivity contribution in [2.24, 2.45) is 10.9 Å². The van der Waals surface area contributed by atoms with Crippen LogP contribution in [-0.2, 0) is 9.53 Å². The first-order chi connectivity index (χ1) is 13.7. The maximum atomic E-state index is 13.4. The summed E-state index contributed by atoms with van der Waals surface area (Å²) in [5.74, 6) is 0.611. The van der Waals surface area contributed by atoms with Crippen LogP contribution in [-0.4, -0.2) is 39.0 Å². The summed E-state index contributed by atoms with van der Waals surface area (Å²) in [4.78, 5) is 36.7. The minimum atomic E-state index is -0.639. The van der Waals surface area contributed by atoms with Gasteiger partial charge in [-0.2, -0.15) is 0 Å². The van der Waals surface area contributed by atoms with Gasteiger partial charge in [0.25, 0.3) is 0 Å². The summed E-state index contributed by atoms with van der Waals surface area (Å²) in [5, 5.41) is 2.79. The molecule has 0 radical (unpaired) electrons. The molecule has 158 valence electrons. The summed E-state index contributed by atoms with van der Waals surface area (Å²) < 4.78 is 5.44. The van der Waals surface area contributed by atoms with Gasteiger partial charge in [0.1, 0.15) is 5.60 Å². The van der Waals surface area contributed by atoms with Crippen LogP contribution in [0.3, 0.4) is 0 Å². The summed E-state index contributed by atoms with van der Waals surface area (Å²) in [6.45, 7) is 9.48. The molecule has 1 aliphatic carbocycles. The summed E-state index contributed by atoms with van der Waals surface area (Å²) in [7, 11) is 0. The lowest BCUT2D eigenvalue weighted by atomic mass is 9.87. The van der Waals surface area contributed by atoms with Gasteiger partial charge in [-0.3, -0.25) is 20.0 Å². The van der Waals surface area contributed by atoms with Gasteiger partial charge in [0.05, 0.1) is 18.0 Å². The predicted octanol–water partition coefficient (Wildman–Crippen LogP) is 4.20. The van der Waals surface area contributed by atoms with Crippen LogP contribution in [0.5, 0.6) is 0 Å². The van der Waals surface area contributed by atoms with E-state index in [1.54, 1.807) is 17.3 Å². The Labute approximate surface area is 172 Å². The van der Waals surface area contributed by atoms with Crippen molar-refractivity contribution in [3.63, 3.8) is 0 Å². The second kappa shape index (κ2) is 8.13. The maximum Gasteiger partial charge on any atom is 0.414 e. The smallest absolute Gasteiger partial charge is 0.414 e. The molecule has 1 aliphatic heterocycles. The Bertz CT molecular complexity index is 777. The number of ether oxygens (including phenoxy) is 1. The summed E-state index contributed by atoms with van der Waals surface area (Å²) in [6, 6.07) is 3.67. The second-order valence-corrected chi connectivity index (χ2v) is 9.00. The number of amides is 2. The lowest BCUT2D eigenvalue weighted by Gasteiger charge is -2.41. The summed E-state index contributed by atoms with van der Waals surface area (Å²) in [6.07, 6.45) is 6.78. The minimum Gasteiger partial charge on any atom is -0.444 e. The largest absolute Gasteiger partial charge is 0.444 e. The molecule has 7 nitrogen and oxygen atoms in total. The number of carbonyl (C=O) groups is 2. The first kappa shape index (κ1) is 21.3. The number of aromatic nitrogens is 1. The number of alkyl carbamates (subject to hydrolysis) is 1. The second-order valence-electron chi connectivity index (χ2n) is 9.00. The average Bonchev–Trinajstić information content (AvgIpc) is 3.48. The maximum absolute atomic E-state index is 13.4. The van der Waals surface area contributed by atoms with Gasteiger partial charge in [-0.1, -0.05) is 19.9 Å². The zero-order chi connectivity index (χ0) is 21.2. The van der Waals surface area contributed by atoms with Crippen LogP contribution in [0, 0.1) is 5.92 Å². The molecule has 29 heavy (non-hydrogen) atoms. The van der Waals surface area contributed by atoms with E-state index in [-0.39, 0.29) is 11.9 Å². The highest BCUT2D eigenvalue weighted by atomic mass is 16.6. The number of hydrogen-bond donors (Lipinski definition) is 1. The zero-order valence-electron chi connectivity index (χ0n) is 18.1. The average molecular weight is 401 g/mol. The molecular weight excluding hydrogens is 368 g/mol. The Morgan fingerprint density at radius 3 is 2.55 bits per heavy atom. The predicted molar refractivity (Wildman–Crippen MR) is 111 cm³/mol. The van der Waals surface area contributed by atoms with Crippen molar-refractivity contribution in [3.05, 3.63) is 30.1 Å². The topological polar surface area (TPSA) is 83.9 Å². The standard InChI is InChI=1S/C22H32N4O3/c1-6-22(7-2)13-17(27)26(19(25-22)24-20(28)29-21(3,4)5)18(15-10-11-15)16-9-8-12-23-14-16/h8-9,12,14-15,18H,6-7,10-11,13H2,1-5H3,(H,24,25,28). The number of rotatable bonds is 5. The van der Waals surface area contributed by atoms with Crippen LogP contribution in [0.15, 0.2) is 29.5 Å². The van der Waals surface area contributed by atoms with Gasteiger partial charge in [-0.05, 0) is 64.0 Å². The van der Waals surface area contributed by atoms with Gasteiger partial charge in [0, 0.05) is 12.4 Å². The van der Waals surface area contributed by atoms with E-state index in [1.807, 2.05) is 46.8 Å². The molecule has 1 fully saturated rings. The van der Waals surface area contributed by atoms with Gasteiger partial charge in [0.15, 0.2) is 0 Å². The highest BCUT2D eigenvalue weighted by molar-refractivity contribution is 6.05. The molecule has 1 atom stereocenters. The Kier molecular flexibility index (Phi) is 5.96. The third kappa shape index (κ3) is 4.95. The lowest BCUT2D eigenvalue weighted by molar-refractivity contribution is -0.132. The minimum absolute atomic E-state index is 0.0180. The lowest BCUT2D eigenvalue weighted by Crippen LogP contribution is -2.56. The zero-order valence-corrected chi connectivity index (χ0v) is 18.1. The van der Waals surface area contributed by atoms with Gasteiger partial charge in [-0.25, -0.2) is 9.79 Å². The Morgan fingerprint density at radius 1 is 1.34 bits per heavy atom. The quantitative estimate of drug-likeness (QED) is 0.803. The summed E-state index contributed by atoms with van der Waals surface area (Å²) >= 11 is 0. The molecular formula is C22H32N4O3. The number of nitrogens with one attached hydrogen (secondary N) is 1. The van der Waals surface area contributed by atoms with Gasteiger partial charge < -0.3 is 4.74 Å². The SMILES string of the molecule is CCC1(CC)CC(=O)N(C(c2cccnc2)C2CC2)C(NC(=O)OC(C)(C)C)=N1. The van der Waals surface area contributed by atoms with Crippen molar-refractivity contribution < 1.29 is 14.3 Å². The first-order valence-electron chi connectivity index (χ1n) is 10.5. The highest BCUT2D eigenvalue weighted by Gasteiger charge is 2.46. The Morgan fingerprint density at radius 2 is 2.03 bits per heavy atom. The molecule has 7 heteroatoms. The van der Waals surface area contributed by atoms with Gasteiger partial charge in [0.2, 0.25) is 11.9 Å². The van der Waals surface area contributed by atoms with E-state index >= 15 is 0 Å². The van der Waals surface area contributed by atoms with Crippen molar-refractivity contribution >= 4 is 18.0 Å². The van der Waals surface area contributed by atoms with E-state index < -0.39 is 17.2 Å². The molecule has 3 rings (SSSR count). The Balaban J connectivity index is 2.00. The number of guanidine groups is 1. The number of nitrogens with zero attached hydrogens (tertiary/aromatic N) is 3. The molecule has 1 N–H and O–H groups in total.